The van der Waals surface area contributed by atoms with Gasteiger partial charge in [0.2, 0.25) is 0 Å². The summed E-state index contributed by atoms with van der Waals surface area (Å²) < 4.78 is 11.1. The minimum atomic E-state index is -0.371. The number of aliphatic hydroxyl groups is 1. The first-order valence-corrected chi connectivity index (χ1v) is 6.93. The van der Waals surface area contributed by atoms with E-state index in [-0.39, 0.29) is 6.10 Å². The number of nitrogens with one attached hydrogen (secondary N) is 1. The summed E-state index contributed by atoms with van der Waals surface area (Å²) in [7, 11) is 0. The molecule has 1 atom stereocenters. The Morgan fingerprint density at radius 3 is 2.53 bits per heavy atom. The Hall–Kier alpha value is -0.970. The number of benzene rings is 1. The third-order valence-electron chi connectivity index (χ3n) is 2.43. The van der Waals surface area contributed by atoms with E-state index in [0.29, 0.717) is 42.8 Å². The highest BCUT2D eigenvalue weighted by molar-refractivity contribution is 6.32. The van der Waals surface area contributed by atoms with Crippen molar-refractivity contribution >= 4 is 11.6 Å². The standard InChI is InChI=1S/C14H22ClNO3/c1-4-18-13-7-11(9-16-8-10(3)17)6-12(15)14(13)19-5-2/h6-7,10,16-17H,4-5,8-9H2,1-3H3/t10-/m0/s1. The molecule has 0 aliphatic rings. The lowest BCUT2D eigenvalue weighted by molar-refractivity contribution is 0.191. The Morgan fingerprint density at radius 2 is 1.95 bits per heavy atom. The minimum Gasteiger partial charge on any atom is -0.490 e. The molecule has 108 valence electrons. The van der Waals surface area contributed by atoms with Crippen molar-refractivity contribution in [1.82, 2.24) is 5.32 Å². The van der Waals surface area contributed by atoms with Crippen molar-refractivity contribution in [3.05, 3.63) is 22.7 Å². The SMILES string of the molecule is CCOc1cc(CNC[C@H](C)O)cc(Cl)c1OCC. The monoisotopic (exact) mass is 287 g/mol. The molecule has 1 rings (SSSR count). The predicted octanol–water partition coefficient (Wildman–Crippen LogP) is 2.61. The van der Waals surface area contributed by atoms with Gasteiger partial charge in [0.25, 0.3) is 0 Å². The molecule has 0 aliphatic heterocycles. The first-order valence-electron chi connectivity index (χ1n) is 6.55. The zero-order chi connectivity index (χ0) is 14.3. The first-order chi connectivity index (χ1) is 9.08. The van der Waals surface area contributed by atoms with Crippen LogP contribution in [0, 0.1) is 0 Å². The van der Waals surface area contributed by atoms with Crippen LogP contribution in [0.3, 0.4) is 0 Å². The maximum absolute atomic E-state index is 9.20. The van der Waals surface area contributed by atoms with Crippen molar-refractivity contribution in [1.29, 1.82) is 0 Å². The van der Waals surface area contributed by atoms with Gasteiger partial charge in [-0.25, -0.2) is 0 Å². The third kappa shape index (κ3) is 5.27. The molecule has 1 aromatic carbocycles. The van der Waals surface area contributed by atoms with E-state index < -0.39 is 0 Å². The zero-order valence-electron chi connectivity index (χ0n) is 11.7. The highest BCUT2D eigenvalue weighted by Gasteiger charge is 2.12. The second-order valence-corrected chi connectivity index (χ2v) is 4.66. The van der Waals surface area contributed by atoms with Crippen molar-refractivity contribution in [3.63, 3.8) is 0 Å². The van der Waals surface area contributed by atoms with Crippen molar-refractivity contribution in [2.45, 2.75) is 33.4 Å². The number of halogens is 1. The van der Waals surface area contributed by atoms with E-state index in [1.165, 1.54) is 0 Å². The van der Waals surface area contributed by atoms with Gasteiger partial charge in [-0.2, -0.15) is 0 Å². The molecular weight excluding hydrogens is 266 g/mol. The largest absolute Gasteiger partial charge is 0.490 e. The van der Waals surface area contributed by atoms with Crippen LogP contribution in [0.5, 0.6) is 11.5 Å². The Bertz CT molecular complexity index is 397. The molecule has 0 saturated carbocycles. The quantitative estimate of drug-likeness (QED) is 0.772. The first kappa shape index (κ1) is 16.1. The van der Waals surface area contributed by atoms with Crippen LogP contribution in [0.15, 0.2) is 12.1 Å². The minimum absolute atomic E-state index is 0.371. The van der Waals surface area contributed by atoms with Crippen LogP contribution >= 0.6 is 11.6 Å². The predicted molar refractivity (Wildman–Crippen MR) is 77.2 cm³/mol. The molecule has 0 aromatic heterocycles. The normalized spacial score (nSPS) is 12.3. The van der Waals surface area contributed by atoms with Gasteiger partial charge < -0.3 is 19.9 Å². The van der Waals surface area contributed by atoms with Gasteiger partial charge in [0.15, 0.2) is 11.5 Å². The van der Waals surface area contributed by atoms with Crippen LogP contribution < -0.4 is 14.8 Å². The van der Waals surface area contributed by atoms with Gasteiger partial charge in [0.05, 0.1) is 24.3 Å². The molecule has 0 bridgehead atoms. The average Bonchev–Trinajstić information content (AvgIpc) is 2.33. The van der Waals surface area contributed by atoms with Crippen LogP contribution in [0.25, 0.3) is 0 Å². The lowest BCUT2D eigenvalue weighted by Crippen LogP contribution is -2.23. The lowest BCUT2D eigenvalue weighted by atomic mass is 10.2. The van der Waals surface area contributed by atoms with Crippen molar-refractivity contribution in [3.8, 4) is 11.5 Å². The summed E-state index contributed by atoms with van der Waals surface area (Å²) in [4.78, 5) is 0. The topological polar surface area (TPSA) is 50.7 Å². The molecule has 4 nitrogen and oxygen atoms in total. The van der Waals surface area contributed by atoms with E-state index in [1.807, 2.05) is 26.0 Å². The maximum Gasteiger partial charge on any atom is 0.179 e. The summed E-state index contributed by atoms with van der Waals surface area (Å²) in [5.41, 5.74) is 0.998. The van der Waals surface area contributed by atoms with Gasteiger partial charge in [0, 0.05) is 13.1 Å². The molecule has 0 amide bonds. The fraction of sp³-hybridized carbons (Fsp3) is 0.571. The molecule has 0 heterocycles. The van der Waals surface area contributed by atoms with E-state index in [4.69, 9.17) is 21.1 Å². The fourth-order valence-corrected chi connectivity index (χ4v) is 1.98. The summed E-state index contributed by atoms with van der Waals surface area (Å²) in [6, 6.07) is 3.76. The summed E-state index contributed by atoms with van der Waals surface area (Å²) in [5.74, 6) is 1.25. The van der Waals surface area contributed by atoms with Crippen molar-refractivity contribution in [2.75, 3.05) is 19.8 Å². The van der Waals surface area contributed by atoms with Crippen LogP contribution in [-0.4, -0.2) is 31.0 Å². The van der Waals surface area contributed by atoms with Gasteiger partial charge >= 0.3 is 0 Å². The maximum atomic E-state index is 9.20. The Morgan fingerprint density at radius 1 is 1.26 bits per heavy atom. The Balaban J connectivity index is 2.83. The lowest BCUT2D eigenvalue weighted by Gasteiger charge is -2.15. The van der Waals surface area contributed by atoms with Gasteiger partial charge in [-0.1, -0.05) is 11.6 Å². The number of ether oxygens (including phenoxy) is 2. The molecule has 0 unspecified atom stereocenters. The van der Waals surface area contributed by atoms with Gasteiger partial charge in [-0.05, 0) is 38.5 Å². The number of aliphatic hydroxyl groups excluding tert-OH is 1. The smallest absolute Gasteiger partial charge is 0.179 e. The zero-order valence-corrected chi connectivity index (χ0v) is 12.5. The van der Waals surface area contributed by atoms with Gasteiger partial charge in [-0.3, -0.25) is 0 Å². The number of hydrogen-bond donors (Lipinski definition) is 2. The molecule has 0 spiro atoms. The van der Waals surface area contributed by atoms with E-state index in [9.17, 15) is 5.11 Å². The molecule has 2 N–H and O–H groups in total. The number of hydrogen-bond acceptors (Lipinski definition) is 4. The van der Waals surface area contributed by atoms with E-state index >= 15 is 0 Å². The molecule has 0 fully saturated rings. The molecule has 19 heavy (non-hydrogen) atoms. The molecule has 0 aliphatic carbocycles. The van der Waals surface area contributed by atoms with E-state index in [0.717, 1.165) is 5.56 Å². The molecule has 0 radical (unpaired) electrons. The van der Waals surface area contributed by atoms with E-state index in [1.54, 1.807) is 6.92 Å². The molecular formula is C14H22ClNO3. The fourth-order valence-electron chi connectivity index (χ4n) is 1.70. The molecule has 0 saturated heterocycles. The highest BCUT2D eigenvalue weighted by Crippen LogP contribution is 2.36. The summed E-state index contributed by atoms with van der Waals surface area (Å²) in [6.45, 7) is 7.82. The van der Waals surface area contributed by atoms with E-state index in [2.05, 4.69) is 5.32 Å². The molecule has 1 aromatic rings. The second kappa shape index (κ2) is 8.25. The van der Waals surface area contributed by atoms with Crippen LogP contribution in [0.2, 0.25) is 5.02 Å². The van der Waals surface area contributed by atoms with Crippen LogP contribution in [0.1, 0.15) is 26.3 Å². The van der Waals surface area contributed by atoms with Crippen LogP contribution in [-0.2, 0) is 6.54 Å². The summed E-state index contributed by atoms with van der Waals surface area (Å²) in [5, 5.41) is 12.9. The summed E-state index contributed by atoms with van der Waals surface area (Å²) >= 11 is 6.21. The van der Waals surface area contributed by atoms with Crippen LogP contribution in [0.4, 0.5) is 0 Å². The number of rotatable bonds is 8. The highest BCUT2D eigenvalue weighted by atomic mass is 35.5. The Kier molecular flexibility index (Phi) is 6.99. The van der Waals surface area contributed by atoms with Gasteiger partial charge in [-0.15, -0.1) is 0 Å². The van der Waals surface area contributed by atoms with Crippen molar-refractivity contribution < 1.29 is 14.6 Å². The molecule has 5 heteroatoms. The average molecular weight is 288 g/mol. The second-order valence-electron chi connectivity index (χ2n) is 4.25. The Labute approximate surface area is 119 Å². The van der Waals surface area contributed by atoms with Gasteiger partial charge in [0.1, 0.15) is 0 Å². The third-order valence-corrected chi connectivity index (χ3v) is 2.71. The van der Waals surface area contributed by atoms with Crippen molar-refractivity contribution in [2.24, 2.45) is 0 Å². The summed E-state index contributed by atoms with van der Waals surface area (Å²) in [6.07, 6.45) is -0.371.